The number of rotatable bonds is 8. The van der Waals surface area contributed by atoms with Gasteiger partial charge in [0, 0.05) is 25.9 Å². The lowest BCUT2D eigenvalue weighted by molar-refractivity contribution is -0.137. The molecule has 2 aromatic carbocycles. The van der Waals surface area contributed by atoms with Crippen molar-refractivity contribution in [3.05, 3.63) is 58.6 Å². The Hall–Kier alpha value is -2.30. The fourth-order valence-corrected chi connectivity index (χ4v) is 3.61. The zero-order chi connectivity index (χ0) is 21.7. The second kappa shape index (κ2) is 9.47. The maximum atomic E-state index is 12.8. The predicted octanol–water partition coefficient (Wildman–Crippen LogP) is 3.93. The molecule has 0 radical (unpaired) electrons. The van der Waals surface area contributed by atoms with Gasteiger partial charge in [0.15, 0.2) is 0 Å². The van der Waals surface area contributed by atoms with Crippen LogP contribution in [0.2, 0.25) is 5.02 Å². The van der Waals surface area contributed by atoms with Crippen molar-refractivity contribution >= 4 is 33.2 Å². The van der Waals surface area contributed by atoms with Crippen LogP contribution in [0.4, 0.5) is 18.9 Å². The number of alkyl halides is 3. The lowest BCUT2D eigenvalue weighted by Crippen LogP contribution is -2.26. The summed E-state index contributed by atoms with van der Waals surface area (Å²) in [5.74, 6) is -0.581. The van der Waals surface area contributed by atoms with E-state index in [1.54, 1.807) is 0 Å². The van der Waals surface area contributed by atoms with E-state index in [1.165, 1.54) is 19.2 Å². The number of halogens is 4. The van der Waals surface area contributed by atoms with E-state index in [2.05, 4.69) is 10.0 Å². The molecular weight excluding hydrogens is 433 g/mol. The number of benzene rings is 2. The number of ether oxygens (including phenoxy) is 1. The molecule has 0 fully saturated rings. The van der Waals surface area contributed by atoms with Gasteiger partial charge in [0.2, 0.25) is 0 Å². The molecule has 0 aliphatic carbocycles. The average molecular weight is 451 g/mol. The highest BCUT2D eigenvalue weighted by Crippen LogP contribution is 2.31. The van der Waals surface area contributed by atoms with Crippen molar-refractivity contribution in [1.82, 2.24) is 5.32 Å². The molecule has 29 heavy (non-hydrogen) atoms. The van der Waals surface area contributed by atoms with Crippen LogP contribution >= 0.6 is 11.6 Å². The first-order valence-electron chi connectivity index (χ1n) is 8.31. The number of sulfonamides is 1. The highest BCUT2D eigenvalue weighted by molar-refractivity contribution is 7.92. The first-order chi connectivity index (χ1) is 13.5. The summed E-state index contributed by atoms with van der Waals surface area (Å²) in [7, 11) is -2.74. The number of amides is 1. The van der Waals surface area contributed by atoms with E-state index >= 15 is 0 Å². The summed E-state index contributed by atoms with van der Waals surface area (Å²) >= 11 is 5.99. The lowest BCUT2D eigenvalue weighted by Gasteiger charge is -2.13. The number of hydrogen-bond donors (Lipinski definition) is 2. The van der Waals surface area contributed by atoms with E-state index < -0.39 is 27.7 Å². The summed E-state index contributed by atoms with van der Waals surface area (Å²) in [6.07, 6.45) is -4.06. The minimum atomic E-state index is -4.62. The summed E-state index contributed by atoms with van der Waals surface area (Å²) in [6.45, 7) is 0.728. The molecule has 0 atom stereocenters. The van der Waals surface area contributed by atoms with Crippen molar-refractivity contribution in [2.75, 3.05) is 25.0 Å². The number of nitrogens with one attached hydrogen (secondary N) is 2. The van der Waals surface area contributed by atoms with Gasteiger partial charge in [-0.3, -0.25) is 9.52 Å². The molecule has 1 amide bonds. The second-order valence-electron chi connectivity index (χ2n) is 5.93. The molecule has 0 spiro atoms. The number of anilines is 1. The normalized spacial score (nSPS) is 11.9. The van der Waals surface area contributed by atoms with Crippen LogP contribution in [0, 0.1) is 0 Å². The highest BCUT2D eigenvalue weighted by Gasteiger charge is 2.30. The van der Waals surface area contributed by atoms with E-state index in [9.17, 15) is 26.4 Å². The quantitative estimate of drug-likeness (QED) is 0.597. The lowest BCUT2D eigenvalue weighted by atomic mass is 10.2. The van der Waals surface area contributed by atoms with Gasteiger partial charge in [0.1, 0.15) is 0 Å². The summed E-state index contributed by atoms with van der Waals surface area (Å²) in [4.78, 5) is 11.9. The minimum absolute atomic E-state index is 0.0345. The van der Waals surface area contributed by atoms with Crippen molar-refractivity contribution in [3.63, 3.8) is 0 Å². The van der Waals surface area contributed by atoms with Crippen LogP contribution in [0.1, 0.15) is 22.3 Å². The maximum Gasteiger partial charge on any atom is 0.416 e. The van der Waals surface area contributed by atoms with Gasteiger partial charge in [-0.15, -0.1) is 0 Å². The Morgan fingerprint density at radius 3 is 2.55 bits per heavy atom. The van der Waals surface area contributed by atoms with Crippen LogP contribution in [-0.4, -0.2) is 34.6 Å². The van der Waals surface area contributed by atoms with E-state index in [4.69, 9.17) is 16.3 Å². The largest absolute Gasteiger partial charge is 0.416 e. The highest BCUT2D eigenvalue weighted by atomic mass is 35.5. The Morgan fingerprint density at radius 1 is 1.17 bits per heavy atom. The Morgan fingerprint density at radius 2 is 1.90 bits per heavy atom. The van der Waals surface area contributed by atoms with Crippen molar-refractivity contribution in [2.45, 2.75) is 17.5 Å². The molecule has 0 aliphatic rings. The molecule has 6 nitrogen and oxygen atoms in total. The van der Waals surface area contributed by atoms with E-state index in [0.717, 1.165) is 24.3 Å². The molecule has 2 rings (SSSR count). The molecule has 0 bridgehead atoms. The molecule has 0 aliphatic heterocycles. The first-order valence-corrected chi connectivity index (χ1v) is 10.2. The Balaban J connectivity index is 2.24. The maximum absolute atomic E-state index is 12.8. The Labute approximate surface area is 171 Å². The molecule has 11 heteroatoms. The molecule has 0 saturated carbocycles. The standard InChI is InChI=1S/C18H18ClF3N2O4S/c1-28-9-3-8-23-17(25)15-11-14(6-7-16(15)19)29(26,27)24-13-5-2-4-12(10-13)18(20,21)22/h2,4-7,10-11,24H,3,8-9H2,1H3,(H,23,25). The fourth-order valence-electron chi connectivity index (χ4n) is 2.33. The van der Waals surface area contributed by atoms with Crippen molar-refractivity contribution in [1.29, 1.82) is 0 Å². The van der Waals surface area contributed by atoms with Crippen LogP contribution in [0.3, 0.4) is 0 Å². The van der Waals surface area contributed by atoms with E-state index in [1.807, 2.05) is 0 Å². The monoisotopic (exact) mass is 450 g/mol. The molecule has 0 heterocycles. The van der Waals surface area contributed by atoms with Gasteiger partial charge in [-0.1, -0.05) is 17.7 Å². The molecular formula is C18H18ClF3N2O4S. The summed E-state index contributed by atoms with van der Waals surface area (Å²) in [5, 5.41) is 2.62. The van der Waals surface area contributed by atoms with Gasteiger partial charge in [0.25, 0.3) is 15.9 Å². The zero-order valence-corrected chi connectivity index (χ0v) is 16.8. The molecule has 0 aromatic heterocycles. The molecule has 2 aromatic rings. The number of hydrogen-bond acceptors (Lipinski definition) is 4. The molecule has 0 saturated heterocycles. The van der Waals surface area contributed by atoms with Gasteiger partial charge in [0.05, 0.1) is 21.0 Å². The van der Waals surface area contributed by atoms with Crippen LogP contribution in [0.25, 0.3) is 0 Å². The van der Waals surface area contributed by atoms with Crippen molar-refractivity contribution < 1.29 is 31.1 Å². The minimum Gasteiger partial charge on any atom is -0.385 e. The van der Waals surface area contributed by atoms with Gasteiger partial charge < -0.3 is 10.1 Å². The zero-order valence-electron chi connectivity index (χ0n) is 15.2. The third kappa shape index (κ3) is 6.34. The van der Waals surface area contributed by atoms with Crippen LogP contribution < -0.4 is 10.0 Å². The van der Waals surface area contributed by atoms with E-state index in [0.29, 0.717) is 25.6 Å². The third-order valence-electron chi connectivity index (χ3n) is 3.75. The molecule has 0 unspecified atom stereocenters. The number of methoxy groups -OCH3 is 1. The first kappa shape index (κ1) is 23.0. The average Bonchev–Trinajstić information content (AvgIpc) is 2.64. The SMILES string of the molecule is COCCCNC(=O)c1cc(S(=O)(=O)Nc2cccc(C(F)(F)F)c2)ccc1Cl. The summed E-state index contributed by atoms with van der Waals surface area (Å²) < 4.78 is 70.5. The third-order valence-corrected chi connectivity index (χ3v) is 5.45. The van der Waals surface area contributed by atoms with E-state index in [-0.39, 0.29) is 21.2 Å². The van der Waals surface area contributed by atoms with Crippen LogP contribution in [0.15, 0.2) is 47.4 Å². The number of carbonyl (C=O) groups is 1. The molecule has 158 valence electrons. The summed E-state index contributed by atoms with van der Waals surface area (Å²) in [6, 6.07) is 7.22. The molecule has 2 N–H and O–H groups in total. The Kier molecular flexibility index (Phi) is 7.50. The fraction of sp³-hybridized carbons (Fsp3) is 0.278. The van der Waals surface area contributed by atoms with Gasteiger partial charge in [-0.2, -0.15) is 13.2 Å². The van der Waals surface area contributed by atoms with Crippen molar-refractivity contribution in [3.8, 4) is 0 Å². The van der Waals surface area contributed by atoms with Crippen LogP contribution in [-0.2, 0) is 20.9 Å². The van der Waals surface area contributed by atoms with Gasteiger partial charge in [-0.05, 0) is 42.8 Å². The predicted molar refractivity (Wildman–Crippen MR) is 103 cm³/mol. The van der Waals surface area contributed by atoms with Gasteiger partial charge in [-0.25, -0.2) is 8.42 Å². The Bertz CT molecular complexity index is 981. The topological polar surface area (TPSA) is 84.5 Å². The summed E-state index contributed by atoms with van der Waals surface area (Å²) in [5.41, 5.74) is -1.33. The smallest absolute Gasteiger partial charge is 0.385 e. The second-order valence-corrected chi connectivity index (χ2v) is 8.02. The van der Waals surface area contributed by atoms with Gasteiger partial charge >= 0.3 is 6.18 Å². The number of carbonyl (C=O) groups excluding carboxylic acids is 1. The van der Waals surface area contributed by atoms with Crippen LogP contribution in [0.5, 0.6) is 0 Å². The van der Waals surface area contributed by atoms with Crippen molar-refractivity contribution in [2.24, 2.45) is 0 Å².